The molecule has 3 nitrogen and oxygen atoms in total. The van der Waals surface area contributed by atoms with Gasteiger partial charge in [0, 0.05) is 0 Å². The molecule has 0 bridgehead atoms. The predicted octanol–water partition coefficient (Wildman–Crippen LogP) is 4.18. The Hall–Kier alpha value is -2.73. The summed E-state index contributed by atoms with van der Waals surface area (Å²) >= 11 is 0. The number of ether oxygens (including phenoxy) is 2. The highest BCUT2D eigenvalue weighted by Crippen LogP contribution is 2.29. The first-order valence-electron chi connectivity index (χ1n) is 6.69. The summed E-state index contributed by atoms with van der Waals surface area (Å²) in [6, 6.07) is 15.3. The molecule has 0 atom stereocenters. The molecule has 0 amide bonds. The Balaban J connectivity index is 2.10. The third-order valence-electron chi connectivity index (χ3n) is 3.02. The van der Waals surface area contributed by atoms with E-state index in [0.29, 0.717) is 23.7 Å². The minimum atomic E-state index is 0.436. The van der Waals surface area contributed by atoms with Crippen molar-refractivity contribution in [2.45, 2.75) is 13.5 Å². The fraction of sp³-hybridized carbons (Fsp3) is 0.167. The Morgan fingerprint density at radius 1 is 1.10 bits per heavy atom. The van der Waals surface area contributed by atoms with Crippen LogP contribution in [0, 0.1) is 11.3 Å². The van der Waals surface area contributed by atoms with Gasteiger partial charge in [-0.1, -0.05) is 30.4 Å². The van der Waals surface area contributed by atoms with E-state index in [0.717, 1.165) is 11.1 Å². The lowest BCUT2D eigenvalue weighted by molar-refractivity contribution is 0.284. The quantitative estimate of drug-likeness (QED) is 0.824. The van der Waals surface area contributed by atoms with Crippen molar-refractivity contribution in [2.75, 3.05) is 7.11 Å². The first kappa shape index (κ1) is 14.7. The van der Waals surface area contributed by atoms with Crippen molar-refractivity contribution in [1.82, 2.24) is 0 Å². The smallest absolute Gasteiger partial charge is 0.161 e. The molecule has 0 aliphatic heterocycles. The highest BCUT2D eigenvalue weighted by atomic mass is 16.5. The van der Waals surface area contributed by atoms with Crippen molar-refractivity contribution in [1.29, 1.82) is 5.26 Å². The number of hydrogen-bond acceptors (Lipinski definition) is 3. The fourth-order valence-electron chi connectivity index (χ4n) is 1.94. The van der Waals surface area contributed by atoms with E-state index >= 15 is 0 Å². The number of methoxy groups -OCH3 is 1. The van der Waals surface area contributed by atoms with Gasteiger partial charge in [0.15, 0.2) is 11.5 Å². The van der Waals surface area contributed by atoms with E-state index in [2.05, 4.69) is 6.07 Å². The summed E-state index contributed by atoms with van der Waals surface area (Å²) in [5, 5.41) is 8.77. The van der Waals surface area contributed by atoms with Crippen LogP contribution in [0.25, 0.3) is 6.08 Å². The molecule has 0 N–H and O–H groups in total. The van der Waals surface area contributed by atoms with E-state index in [1.165, 1.54) is 0 Å². The van der Waals surface area contributed by atoms with Crippen molar-refractivity contribution in [3.8, 4) is 17.6 Å². The van der Waals surface area contributed by atoms with Crippen LogP contribution in [0.5, 0.6) is 11.5 Å². The first-order valence-corrected chi connectivity index (χ1v) is 6.69. The van der Waals surface area contributed by atoms with Crippen molar-refractivity contribution in [3.63, 3.8) is 0 Å². The van der Waals surface area contributed by atoms with Crippen LogP contribution < -0.4 is 9.47 Å². The van der Waals surface area contributed by atoms with Crippen LogP contribution in [0.15, 0.2) is 48.5 Å². The maximum Gasteiger partial charge on any atom is 0.161 e. The van der Waals surface area contributed by atoms with Crippen LogP contribution in [0.4, 0.5) is 0 Å². The van der Waals surface area contributed by atoms with Gasteiger partial charge in [-0.2, -0.15) is 5.26 Å². The maximum atomic E-state index is 8.77. The van der Waals surface area contributed by atoms with Gasteiger partial charge in [0.25, 0.3) is 0 Å². The van der Waals surface area contributed by atoms with Crippen LogP contribution in [0.2, 0.25) is 0 Å². The number of nitrogens with zero attached hydrogens (tertiary/aromatic N) is 1. The van der Waals surface area contributed by atoms with Gasteiger partial charge in [-0.25, -0.2) is 0 Å². The largest absolute Gasteiger partial charge is 0.493 e. The third kappa shape index (κ3) is 3.87. The topological polar surface area (TPSA) is 42.2 Å². The van der Waals surface area contributed by atoms with E-state index in [4.69, 9.17) is 14.7 Å². The van der Waals surface area contributed by atoms with Crippen LogP contribution in [-0.2, 0) is 6.61 Å². The molecule has 0 saturated heterocycles. The van der Waals surface area contributed by atoms with Crippen molar-refractivity contribution >= 4 is 6.08 Å². The fourth-order valence-corrected chi connectivity index (χ4v) is 1.94. The average Bonchev–Trinajstić information content (AvgIpc) is 2.54. The standard InChI is InChI=1S/C18H17NO2/c1-3-4-14-9-10-17(18(11-14)20-2)21-13-16-7-5-15(12-19)6-8-16/h3-11H,13H2,1-2H3. The summed E-state index contributed by atoms with van der Waals surface area (Å²) in [4.78, 5) is 0. The van der Waals surface area contributed by atoms with E-state index in [-0.39, 0.29) is 0 Å². The van der Waals surface area contributed by atoms with E-state index in [9.17, 15) is 0 Å². The summed E-state index contributed by atoms with van der Waals surface area (Å²) in [7, 11) is 1.63. The summed E-state index contributed by atoms with van der Waals surface area (Å²) in [6.07, 6.45) is 3.99. The van der Waals surface area contributed by atoms with Crippen LogP contribution >= 0.6 is 0 Å². The van der Waals surface area contributed by atoms with Crippen molar-refractivity contribution in [2.24, 2.45) is 0 Å². The highest BCUT2D eigenvalue weighted by molar-refractivity contribution is 5.55. The minimum Gasteiger partial charge on any atom is -0.493 e. The molecular weight excluding hydrogens is 262 g/mol. The van der Waals surface area contributed by atoms with Gasteiger partial charge >= 0.3 is 0 Å². The lowest BCUT2D eigenvalue weighted by Crippen LogP contribution is -1.98. The zero-order chi connectivity index (χ0) is 15.1. The molecule has 0 heterocycles. The van der Waals surface area contributed by atoms with Gasteiger partial charge in [-0.05, 0) is 42.3 Å². The molecule has 3 heteroatoms. The molecule has 0 unspecified atom stereocenters. The summed E-state index contributed by atoms with van der Waals surface area (Å²) < 4.78 is 11.1. The monoisotopic (exact) mass is 279 g/mol. The van der Waals surface area contributed by atoms with Gasteiger partial charge in [0.2, 0.25) is 0 Å². The number of allylic oxidation sites excluding steroid dienone is 1. The van der Waals surface area contributed by atoms with E-state index in [1.54, 1.807) is 19.2 Å². The molecular formula is C18H17NO2. The normalized spacial score (nSPS) is 10.3. The molecule has 2 aromatic carbocycles. The van der Waals surface area contributed by atoms with Gasteiger partial charge in [0.05, 0.1) is 18.7 Å². The van der Waals surface area contributed by atoms with E-state index < -0.39 is 0 Å². The van der Waals surface area contributed by atoms with Gasteiger partial charge in [0.1, 0.15) is 6.61 Å². The lowest BCUT2D eigenvalue weighted by atomic mass is 10.1. The number of rotatable bonds is 5. The maximum absolute atomic E-state index is 8.77. The zero-order valence-corrected chi connectivity index (χ0v) is 12.2. The molecule has 2 rings (SSSR count). The molecule has 106 valence electrons. The lowest BCUT2D eigenvalue weighted by Gasteiger charge is -2.11. The summed E-state index contributed by atoms with van der Waals surface area (Å²) in [6.45, 7) is 2.41. The molecule has 0 aliphatic carbocycles. The van der Waals surface area contributed by atoms with Crippen LogP contribution in [-0.4, -0.2) is 7.11 Å². The molecule has 0 saturated carbocycles. The molecule has 0 aromatic heterocycles. The number of nitriles is 1. The SMILES string of the molecule is CC=Cc1ccc(OCc2ccc(C#N)cc2)c(OC)c1. The Morgan fingerprint density at radius 2 is 1.86 bits per heavy atom. The summed E-state index contributed by atoms with van der Waals surface area (Å²) in [5.74, 6) is 1.41. The Morgan fingerprint density at radius 3 is 2.48 bits per heavy atom. The highest BCUT2D eigenvalue weighted by Gasteiger charge is 2.05. The average molecular weight is 279 g/mol. The van der Waals surface area contributed by atoms with Gasteiger partial charge in [-0.15, -0.1) is 0 Å². The zero-order valence-electron chi connectivity index (χ0n) is 12.2. The second kappa shape index (κ2) is 7.16. The molecule has 0 fully saturated rings. The molecule has 2 aromatic rings. The second-order valence-electron chi connectivity index (χ2n) is 4.51. The third-order valence-corrected chi connectivity index (χ3v) is 3.02. The van der Waals surface area contributed by atoms with E-state index in [1.807, 2.05) is 49.4 Å². The second-order valence-corrected chi connectivity index (χ2v) is 4.51. The Labute approximate surface area is 125 Å². The molecule has 0 aliphatic rings. The van der Waals surface area contributed by atoms with Gasteiger partial charge < -0.3 is 9.47 Å². The van der Waals surface area contributed by atoms with Crippen molar-refractivity contribution < 1.29 is 9.47 Å². The number of hydrogen-bond donors (Lipinski definition) is 0. The van der Waals surface area contributed by atoms with Crippen LogP contribution in [0.3, 0.4) is 0 Å². The minimum absolute atomic E-state index is 0.436. The van der Waals surface area contributed by atoms with Crippen molar-refractivity contribution in [3.05, 3.63) is 65.2 Å². The molecule has 21 heavy (non-hydrogen) atoms. The number of benzene rings is 2. The molecule has 0 spiro atoms. The molecule has 0 radical (unpaired) electrons. The van der Waals surface area contributed by atoms with Crippen LogP contribution in [0.1, 0.15) is 23.6 Å². The Kier molecular flexibility index (Phi) is 5.00. The van der Waals surface area contributed by atoms with Gasteiger partial charge in [-0.3, -0.25) is 0 Å². The summed E-state index contributed by atoms with van der Waals surface area (Å²) in [5.41, 5.74) is 2.72. The predicted molar refractivity (Wildman–Crippen MR) is 83.2 cm³/mol. The first-order chi connectivity index (χ1) is 10.3. The Bertz CT molecular complexity index is 667.